The van der Waals surface area contributed by atoms with Crippen molar-refractivity contribution in [1.82, 2.24) is 9.80 Å². The fourth-order valence-electron chi connectivity index (χ4n) is 3.47. The highest BCUT2D eigenvalue weighted by Crippen LogP contribution is 2.19. The molecule has 3 N–H and O–H groups in total. The summed E-state index contributed by atoms with van der Waals surface area (Å²) in [6, 6.07) is 6.03. The predicted molar refractivity (Wildman–Crippen MR) is 132 cm³/mol. The van der Waals surface area contributed by atoms with Crippen LogP contribution in [0.1, 0.15) is 55.8 Å². The Hall–Kier alpha value is -3.51. The van der Waals surface area contributed by atoms with Crippen molar-refractivity contribution in [2.75, 3.05) is 45.9 Å². The monoisotopic (exact) mass is 524 g/mol. The van der Waals surface area contributed by atoms with Crippen molar-refractivity contribution in [3.05, 3.63) is 29.8 Å². The van der Waals surface area contributed by atoms with Gasteiger partial charge in [0, 0.05) is 13.1 Å². The summed E-state index contributed by atoms with van der Waals surface area (Å²) in [6.45, 7) is -0.0223. The van der Waals surface area contributed by atoms with E-state index in [9.17, 15) is 24.0 Å². The zero-order chi connectivity index (χ0) is 27.6. The van der Waals surface area contributed by atoms with Crippen molar-refractivity contribution in [3.63, 3.8) is 0 Å². The molecule has 0 bridgehead atoms. The molecule has 12 heteroatoms. The number of carbonyl (C=O) groups is 5. The first-order valence-corrected chi connectivity index (χ1v) is 12.2. The third-order valence-electron chi connectivity index (χ3n) is 5.22. The maximum absolute atomic E-state index is 12.6. The van der Waals surface area contributed by atoms with Gasteiger partial charge in [-0.15, -0.1) is 0 Å². The molecule has 0 amide bonds. The Kier molecular flexibility index (Phi) is 15.2. The van der Waals surface area contributed by atoms with Crippen LogP contribution in [0.2, 0.25) is 0 Å². The summed E-state index contributed by atoms with van der Waals surface area (Å²) in [4.78, 5) is 60.5. The number of rotatable bonds is 20. The highest BCUT2D eigenvalue weighted by molar-refractivity contribution is 5.93. The van der Waals surface area contributed by atoms with E-state index in [0.29, 0.717) is 0 Å². The Balaban J connectivity index is 2.71. The SMILES string of the molecule is CCCCCCCCOC(=O)c1ccccc1OC(=O)CN(CCN(CC(=O)O)CC(=O)O)CC(=O)O. The molecule has 1 aromatic rings. The van der Waals surface area contributed by atoms with E-state index < -0.39 is 56.0 Å². The fraction of sp³-hybridized carbons (Fsp3) is 0.560. The number of hydrogen-bond acceptors (Lipinski definition) is 9. The summed E-state index contributed by atoms with van der Waals surface area (Å²) < 4.78 is 10.6. The van der Waals surface area contributed by atoms with Crippen molar-refractivity contribution < 1.29 is 48.8 Å². The molecule has 206 valence electrons. The number of carbonyl (C=O) groups excluding carboxylic acids is 2. The van der Waals surface area contributed by atoms with Crippen LogP contribution in [0, 0.1) is 0 Å². The molecule has 0 fully saturated rings. The van der Waals surface area contributed by atoms with Gasteiger partial charge in [-0.1, -0.05) is 51.2 Å². The van der Waals surface area contributed by atoms with Gasteiger partial charge < -0.3 is 24.8 Å². The summed E-state index contributed by atoms with van der Waals surface area (Å²) in [5, 5.41) is 27.1. The summed E-state index contributed by atoms with van der Waals surface area (Å²) in [7, 11) is 0. The van der Waals surface area contributed by atoms with Gasteiger partial charge >= 0.3 is 29.8 Å². The number of esters is 2. The van der Waals surface area contributed by atoms with E-state index in [0.717, 1.165) is 37.0 Å². The molecular formula is C25H36N2O10. The summed E-state index contributed by atoms with van der Waals surface area (Å²) in [5.41, 5.74) is 0.0562. The van der Waals surface area contributed by atoms with Gasteiger partial charge in [-0.25, -0.2) is 4.79 Å². The molecule has 12 nitrogen and oxygen atoms in total. The van der Waals surface area contributed by atoms with Crippen LogP contribution in [0.15, 0.2) is 24.3 Å². The largest absolute Gasteiger partial charge is 0.480 e. The standard InChI is InChI=1S/C25H36N2O10/c1-2-3-4-5-6-9-14-36-25(35)19-10-7-8-11-20(19)37-24(34)18-27(17-23(32)33)13-12-26(15-21(28)29)16-22(30)31/h7-8,10-11H,2-6,9,12-18H2,1H3,(H,28,29)(H,30,31)(H,32,33). The number of carboxylic acid groups (broad SMARTS) is 3. The van der Waals surface area contributed by atoms with Crippen LogP contribution in [-0.2, 0) is 23.9 Å². The number of aliphatic carboxylic acids is 3. The molecule has 0 atom stereocenters. The number of nitrogens with zero attached hydrogens (tertiary/aromatic N) is 2. The lowest BCUT2D eigenvalue weighted by atomic mass is 10.1. The molecule has 0 spiro atoms. The van der Waals surface area contributed by atoms with Gasteiger partial charge in [-0.05, 0) is 18.6 Å². The Labute approximate surface area is 215 Å². The average molecular weight is 525 g/mol. The molecular weight excluding hydrogens is 488 g/mol. The zero-order valence-electron chi connectivity index (χ0n) is 21.1. The van der Waals surface area contributed by atoms with Crippen LogP contribution in [0.3, 0.4) is 0 Å². The molecule has 1 rings (SSSR count). The number of ether oxygens (including phenoxy) is 2. The second-order valence-corrected chi connectivity index (χ2v) is 8.48. The molecule has 0 heterocycles. The molecule has 0 aliphatic heterocycles. The third kappa shape index (κ3) is 14.6. The molecule has 0 aromatic heterocycles. The Morgan fingerprint density at radius 3 is 1.81 bits per heavy atom. The lowest BCUT2D eigenvalue weighted by Gasteiger charge is -2.24. The van der Waals surface area contributed by atoms with Gasteiger partial charge in [-0.2, -0.15) is 0 Å². The van der Waals surface area contributed by atoms with Gasteiger partial charge in [0.05, 0.1) is 32.8 Å². The maximum atomic E-state index is 12.6. The van der Waals surface area contributed by atoms with E-state index in [1.54, 1.807) is 12.1 Å². The van der Waals surface area contributed by atoms with E-state index in [-0.39, 0.29) is 31.0 Å². The Bertz CT molecular complexity index is 889. The van der Waals surface area contributed by atoms with Crippen LogP contribution in [0.5, 0.6) is 5.75 Å². The second-order valence-electron chi connectivity index (χ2n) is 8.48. The van der Waals surface area contributed by atoms with Crippen LogP contribution >= 0.6 is 0 Å². The highest BCUT2D eigenvalue weighted by Gasteiger charge is 2.21. The van der Waals surface area contributed by atoms with E-state index in [2.05, 4.69) is 6.92 Å². The number of hydrogen-bond donors (Lipinski definition) is 3. The van der Waals surface area contributed by atoms with Crippen LogP contribution in [0.25, 0.3) is 0 Å². The smallest absolute Gasteiger partial charge is 0.341 e. The quantitative estimate of drug-likeness (QED) is 0.129. The topological polar surface area (TPSA) is 171 Å². The van der Waals surface area contributed by atoms with Gasteiger partial charge in [0.1, 0.15) is 11.3 Å². The molecule has 0 saturated heterocycles. The predicted octanol–water partition coefficient (Wildman–Crippen LogP) is 1.97. The lowest BCUT2D eigenvalue weighted by molar-refractivity contribution is -0.144. The van der Waals surface area contributed by atoms with Gasteiger partial charge in [-0.3, -0.25) is 29.0 Å². The number of unbranched alkanes of at least 4 members (excludes halogenated alkanes) is 5. The molecule has 0 saturated carbocycles. The minimum atomic E-state index is -1.24. The number of carboxylic acids is 3. The van der Waals surface area contributed by atoms with Crippen molar-refractivity contribution in [1.29, 1.82) is 0 Å². The molecule has 37 heavy (non-hydrogen) atoms. The lowest BCUT2D eigenvalue weighted by Crippen LogP contribution is -2.44. The van der Waals surface area contributed by atoms with Crippen molar-refractivity contribution in [2.45, 2.75) is 45.4 Å². The fourth-order valence-corrected chi connectivity index (χ4v) is 3.47. The van der Waals surface area contributed by atoms with Gasteiger partial charge in [0.15, 0.2) is 0 Å². The average Bonchev–Trinajstić information content (AvgIpc) is 2.81. The first kappa shape index (κ1) is 31.5. The minimum absolute atomic E-state index is 0.0332. The normalized spacial score (nSPS) is 10.9. The molecule has 0 unspecified atom stereocenters. The Morgan fingerprint density at radius 1 is 0.730 bits per heavy atom. The Morgan fingerprint density at radius 2 is 1.24 bits per heavy atom. The van der Waals surface area contributed by atoms with Crippen LogP contribution in [0.4, 0.5) is 0 Å². The second kappa shape index (κ2) is 17.8. The minimum Gasteiger partial charge on any atom is -0.480 e. The molecule has 0 aliphatic rings. The van der Waals surface area contributed by atoms with E-state index >= 15 is 0 Å². The number of para-hydroxylation sites is 1. The van der Waals surface area contributed by atoms with E-state index in [1.807, 2.05) is 0 Å². The zero-order valence-corrected chi connectivity index (χ0v) is 21.1. The summed E-state index contributed by atoms with van der Waals surface area (Å²) in [5.74, 6) is -5.25. The van der Waals surface area contributed by atoms with Gasteiger partial charge in [0.2, 0.25) is 0 Å². The third-order valence-corrected chi connectivity index (χ3v) is 5.22. The highest BCUT2D eigenvalue weighted by atomic mass is 16.5. The van der Waals surface area contributed by atoms with E-state index in [4.69, 9.17) is 24.8 Å². The maximum Gasteiger partial charge on any atom is 0.341 e. The van der Waals surface area contributed by atoms with Crippen molar-refractivity contribution in [3.8, 4) is 5.75 Å². The molecule has 0 radical (unpaired) electrons. The van der Waals surface area contributed by atoms with Crippen molar-refractivity contribution >= 4 is 29.8 Å². The number of benzene rings is 1. The van der Waals surface area contributed by atoms with Gasteiger partial charge in [0.25, 0.3) is 0 Å². The van der Waals surface area contributed by atoms with Crippen molar-refractivity contribution in [2.24, 2.45) is 0 Å². The first-order valence-electron chi connectivity index (χ1n) is 12.2. The molecule has 1 aromatic carbocycles. The summed E-state index contributed by atoms with van der Waals surface area (Å²) in [6.07, 6.45) is 6.19. The van der Waals surface area contributed by atoms with Crippen LogP contribution in [-0.4, -0.2) is 101 Å². The van der Waals surface area contributed by atoms with Crippen LogP contribution < -0.4 is 4.74 Å². The van der Waals surface area contributed by atoms with E-state index in [1.165, 1.54) is 23.5 Å². The summed E-state index contributed by atoms with van der Waals surface area (Å²) >= 11 is 0. The first-order chi connectivity index (χ1) is 17.6. The molecule has 0 aliphatic carbocycles.